The highest BCUT2D eigenvalue weighted by Crippen LogP contribution is 2.13. The van der Waals surface area contributed by atoms with Crippen LogP contribution in [0.25, 0.3) is 0 Å². The maximum Gasteiger partial charge on any atom is 0.0894 e. The Bertz CT molecular complexity index is 118. The van der Waals surface area contributed by atoms with Crippen LogP contribution < -0.4 is 0 Å². The molecule has 18 heavy (non-hydrogen) atoms. The Kier molecular flexibility index (Phi) is 16.9. The van der Waals surface area contributed by atoms with Crippen molar-refractivity contribution in [2.24, 2.45) is 0 Å². The molecule has 0 unspecified atom stereocenters. The molecule has 0 spiro atoms. The second kappa shape index (κ2) is 16.9. The molecule has 0 aromatic carbocycles. The number of hydrogen-bond acceptors (Lipinski definition) is 0. The van der Waals surface area contributed by atoms with Gasteiger partial charge in [-0.05, 0) is 6.42 Å². The molecule has 0 N–H and O–H groups in total. The van der Waals surface area contributed by atoms with E-state index < -0.39 is 0 Å². The van der Waals surface area contributed by atoms with E-state index in [0.29, 0.717) is 0 Å². The van der Waals surface area contributed by atoms with E-state index in [1.54, 1.807) is 0 Å². The van der Waals surface area contributed by atoms with Crippen LogP contribution >= 0.6 is 0 Å². The van der Waals surface area contributed by atoms with Gasteiger partial charge in [-0.1, -0.05) is 96.8 Å². The third-order valence-corrected chi connectivity index (χ3v) is 3.74. The SMILES string of the molecule is CCCCCCCCCCCCCCCCCF. The monoisotopic (exact) mass is 258 g/mol. The zero-order valence-electron chi connectivity index (χ0n) is 12.7. The van der Waals surface area contributed by atoms with Crippen LogP contribution in [0.4, 0.5) is 4.39 Å². The number of hydrogen-bond donors (Lipinski definition) is 0. The van der Waals surface area contributed by atoms with Crippen molar-refractivity contribution >= 4 is 0 Å². The molecule has 0 saturated heterocycles. The van der Waals surface area contributed by atoms with Crippen molar-refractivity contribution in [3.05, 3.63) is 0 Å². The lowest BCUT2D eigenvalue weighted by Crippen LogP contribution is -1.83. The van der Waals surface area contributed by atoms with E-state index in [-0.39, 0.29) is 6.67 Å². The minimum absolute atomic E-state index is 0.127. The van der Waals surface area contributed by atoms with E-state index in [4.69, 9.17) is 0 Å². The summed E-state index contributed by atoms with van der Waals surface area (Å²) < 4.78 is 11.8. The van der Waals surface area contributed by atoms with Crippen LogP contribution in [0, 0.1) is 0 Å². The molecule has 0 bridgehead atoms. The first-order valence-electron chi connectivity index (χ1n) is 8.47. The molecule has 0 nitrogen and oxygen atoms in total. The van der Waals surface area contributed by atoms with Gasteiger partial charge in [0.05, 0.1) is 6.67 Å². The predicted octanol–water partition coefficient (Wildman–Crippen LogP) is 6.83. The average molecular weight is 258 g/mol. The van der Waals surface area contributed by atoms with Crippen LogP contribution in [-0.4, -0.2) is 6.67 Å². The maximum atomic E-state index is 11.8. The molecule has 1 heteroatoms. The highest BCUT2D eigenvalue weighted by Gasteiger charge is 1.93. The minimum Gasteiger partial charge on any atom is -0.251 e. The van der Waals surface area contributed by atoms with Crippen molar-refractivity contribution in [2.45, 2.75) is 103 Å². The van der Waals surface area contributed by atoms with Crippen LogP contribution in [0.1, 0.15) is 103 Å². The van der Waals surface area contributed by atoms with Crippen LogP contribution in [0.3, 0.4) is 0 Å². The average Bonchev–Trinajstić information content (AvgIpc) is 2.39. The Morgan fingerprint density at radius 2 is 0.722 bits per heavy atom. The Hall–Kier alpha value is -0.0700. The van der Waals surface area contributed by atoms with Crippen molar-refractivity contribution in [3.63, 3.8) is 0 Å². The molecule has 0 atom stereocenters. The molecular formula is C17H35F. The molecule has 0 aliphatic heterocycles. The molecule has 0 amide bonds. The lowest BCUT2D eigenvalue weighted by Gasteiger charge is -2.02. The lowest BCUT2D eigenvalue weighted by atomic mass is 10.0. The first-order chi connectivity index (χ1) is 8.91. The van der Waals surface area contributed by atoms with E-state index >= 15 is 0 Å². The fraction of sp³-hybridized carbons (Fsp3) is 1.00. The lowest BCUT2D eigenvalue weighted by molar-refractivity contribution is 0.448. The number of unbranched alkanes of at least 4 members (excludes halogenated alkanes) is 14. The molecule has 0 rings (SSSR count). The van der Waals surface area contributed by atoms with Gasteiger partial charge in [0.15, 0.2) is 0 Å². The van der Waals surface area contributed by atoms with Crippen molar-refractivity contribution in [3.8, 4) is 0 Å². The van der Waals surface area contributed by atoms with Crippen molar-refractivity contribution in [1.29, 1.82) is 0 Å². The van der Waals surface area contributed by atoms with Gasteiger partial charge in [-0.3, -0.25) is 4.39 Å². The first kappa shape index (κ1) is 17.9. The summed E-state index contributed by atoms with van der Waals surface area (Å²) in [6.07, 6.45) is 20.0. The zero-order chi connectivity index (χ0) is 13.3. The molecule has 0 heterocycles. The van der Waals surface area contributed by atoms with Crippen molar-refractivity contribution in [1.82, 2.24) is 0 Å². The second-order valence-corrected chi connectivity index (χ2v) is 5.64. The molecule has 0 aliphatic rings. The highest BCUT2D eigenvalue weighted by molar-refractivity contribution is 4.49. The van der Waals surface area contributed by atoms with E-state index in [1.165, 1.54) is 83.5 Å². The van der Waals surface area contributed by atoms with Crippen LogP contribution in [-0.2, 0) is 0 Å². The van der Waals surface area contributed by atoms with E-state index in [2.05, 4.69) is 6.92 Å². The van der Waals surface area contributed by atoms with Crippen LogP contribution in [0.5, 0.6) is 0 Å². The normalized spacial score (nSPS) is 11.0. The zero-order valence-corrected chi connectivity index (χ0v) is 12.7. The standard InChI is InChI=1S/C17H35F/c1-2-3-4-5-6-7-8-9-10-11-12-13-14-15-16-17-18/h2-17H2,1H3. The summed E-state index contributed by atoms with van der Waals surface area (Å²) in [7, 11) is 0. The Labute approximate surface area is 115 Å². The van der Waals surface area contributed by atoms with E-state index in [1.807, 2.05) is 0 Å². The van der Waals surface area contributed by atoms with E-state index in [9.17, 15) is 4.39 Å². The highest BCUT2D eigenvalue weighted by atomic mass is 19.1. The molecule has 0 aromatic rings. The Morgan fingerprint density at radius 3 is 1.00 bits per heavy atom. The number of alkyl halides is 1. The first-order valence-corrected chi connectivity index (χ1v) is 8.47. The number of rotatable bonds is 15. The van der Waals surface area contributed by atoms with Gasteiger partial charge in [0.1, 0.15) is 0 Å². The molecule has 0 fully saturated rings. The van der Waals surface area contributed by atoms with Gasteiger partial charge in [0.2, 0.25) is 0 Å². The third kappa shape index (κ3) is 15.9. The summed E-state index contributed by atoms with van der Waals surface area (Å²) in [4.78, 5) is 0. The van der Waals surface area contributed by atoms with Gasteiger partial charge >= 0.3 is 0 Å². The summed E-state index contributed by atoms with van der Waals surface area (Å²) in [5, 5.41) is 0. The largest absolute Gasteiger partial charge is 0.251 e. The molecule has 110 valence electrons. The number of halogens is 1. The van der Waals surface area contributed by atoms with Gasteiger partial charge in [0.25, 0.3) is 0 Å². The van der Waals surface area contributed by atoms with Crippen LogP contribution in [0.2, 0.25) is 0 Å². The second-order valence-electron chi connectivity index (χ2n) is 5.64. The Morgan fingerprint density at radius 1 is 0.444 bits per heavy atom. The summed E-state index contributed by atoms with van der Waals surface area (Å²) in [5.41, 5.74) is 0. The van der Waals surface area contributed by atoms with Gasteiger partial charge in [0, 0.05) is 0 Å². The molecule has 0 radical (unpaired) electrons. The van der Waals surface area contributed by atoms with Gasteiger partial charge in [-0.2, -0.15) is 0 Å². The molecule has 0 aromatic heterocycles. The third-order valence-electron chi connectivity index (χ3n) is 3.74. The van der Waals surface area contributed by atoms with Gasteiger partial charge < -0.3 is 0 Å². The smallest absolute Gasteiger partial charge is 0.0894 e. The van der Waals surface area contributed by atoms with E-state index in [0.717, 1.165) is 12.8 Å². The Balaban J connectivity index is 2.86. The molecular weight excluding hydrogens is 223 g/mol. The van der Waals surface area contributed by atoms with Crippen molar-refractivity contribution < 1.29 is 4.39 Å². The van der Waals surface area contributed by atoms with Crippen molar-refractivity contribution in [2.75, 3.05) is 6.67 Å². The topological polar surface area (TPSA) is 0 Å². The summed E-state index contributed by atoms with van der Waals surface area (Å²) in [6.45, 7) is 2.15. The maximum absolute atomic E-state index is 11.8. The quantitative estimate of drug-likeness (QED) is 0.282. The van der Waals surface area contributed by atoms with Gasteiger partial charge in [-0.25, -0.2) is 0 Å². The summed E-state index contributed by atoms with van der Waals surface area (Å²) >= 11 is 0. The van der Waals surface area contributed by atoms with Gasteiger partial charge in [-0.15, -0.1) is 0 Å². The summed E-state index contributed by atoms with van der Waals surface area (Å²) in [5.74, 6) is 0. The molecule has 0 saturated carbocycles. The predicted molar refractivity (Wildman–Crippen MR) is 80.9 cm³/mol. The fourth-order valence-corrected chi connectivity index (χ4v) is 2.47. The van der Waals surface area contributed by atoms with Crippen LogP contribution in [0.15, 0.2) is 0 Å². The fourth-order valence-electron chi connectivity index (χ4n) is 2.47. The minimum atomic E-state index is -0.127. The molecule has 0 aliphatic carbocycles. The summed E-state index contributed by atoms with van der Waals surface area (Å²) in [6, 6.07) is 0.